The maximum atomic E-state index is 7.17. The van der Waals surface area contributed by atoms with Crippen molar-refractivity contribution in [2.75, 3.05) is 0 Å². The van der Waals surface area contributed by atoms with Gasteiger partial charge in [0, 0.05) is 29.7 Å². The van der Waals surface area contributed by atoms with Gasteiger partial charge < -0.3 is 4.98 Å². The lowest BCUT2D eigenvalue weighted by Crippen LogP contribution is -1.90. The van der Waals surface area contributed by atoms with Crippen LogP contribution in [0.4, 0.5) is 5.69 Å². The minimum atomic E-state index is 0.655. The predicted molar refractivity (Wildman–Crippen MR) is 89.1 cm³/mol. The topological polar surface area (TPSA) is 33.0 Å². The molecule has 2 aromatic carbocycles. The molecule has 4 rings (SSSR count). The molecule has 3 heteroatoms. The molecule has 1 N–H and O–H groups in total. The average Bonchev–Trinajstić information content (AvgIpc) is 2.95. The first-order chi connectivity index (χ1) is 10.8. The summed E-state index contributed by atoms with van der Waals surface area (Å²) in [6.07, 6.45) is 4.63. The van der Waals surface area contributed by atoms with Gasteiger partial charge in [0.25, 0.3) is 0 Å². The van der Waals surface area contributed by atoms with E-state index >= 15 is 0 Å². The average molecular weight is 283 g/mol. The van der Waals surface area contributed by atoms with Crippen molar-refractivity contribution < 1.29 is 0 Å². The Balaban J connectivity index is 1.92. The van der Waals surface area contributed by atoms with Crippen LogP contribution in [-0.4, -0.2) is 9.97 Å². The molecule has 0 atom stereocenters. The van der Waals surface area contributed by atoms with Crippen LogP contribution in [0.25, 0.3) is 26.7 Å². The molecule has 2 aromatic heterocycles. The summed E-state index contributed by atoms with van der Waals surface area (Å²) in [5.41, 5.74) is 5.24. The van der Waals surface area contributed by atoms with Crippen LogP contribution in [0.1, 0.15) is 11.1 Å². The van der Waals surface area contributed by atoms with Crippen LogP contribution in [0.5, 0.6) is 0 Å². The van der Waals surface area contributed by atoms with Gasteiger partial charge in [-0.2, -0.15) is 0 Å². The SMILES string of the molecule is [C-]#[N+]c1ccc2[nH]c3c(Cc4ccccc4)cncc3c2c1. The van der Waals surface area contributed by atoms with Gasteiger partial charge in [-0.1, -0.05) is 36.4 Å². The zero-order valence-corrected chi connectivity index (χ0v) is 11.9. The fourth-order valence-corrected chi connectivity index (χ4v) is 2.87. The molecule has 2 heterocycles. The number of aromatic nitrogens is 2. The second-order valence-corrected chi connectivity index (χ2v) is 5.35. The number of benzene rings is 2. The van der Waals surface area contributed by atoms with Gasteiger partial charge in [-0.05, 0) is 28.6 Å². The molecule has 104 valence electrons. The van der Waals surface area contributed by atoms with E-state index in [0.717, 1.165) is 28.2 Å². The standard InChI is InChI=1S/C19H13N3/c1-20-15-7-8-18-16(10-15)17-12-21-11-14(19(17)22-18)9-13-5-3-2-4-6-13/h2-8,10-12,22H,9H2. The molecule has 0 radical (unpaired) electrons. The van der Waals surface area contributed by atoms with E-state index in [9.17, 15) is 0 Å². The number of fused-ring (bicyclic) bond motifs is 3. The Bertz CT molecular complexity index is 1010. The largest absolute Gasteiger partial charge is 0.354 e. The molecular formula is C19H13N3. The molecule has 0 saturated carbocycles. The lowest BCUT2D eigenvalue weighted by Gasteiger charge is -2.03. The zero-order chi connectivity index (χ0) is 14.9. The predicted octanol–water partition coefficient (Wildman–Crippen LogP) is 4.86. The number of aromatic amines is 1. The maximum absolute atomic E-state index is 7.17. The van der Waals surface area contributed by atoms with Gasteiger partial charge in [-0.3, -0.25) is 4.98 Å². The molecule has 0 aliphatic carbocycles. The number of hydrogen-bond donors (Lipinski definition) is 1. The molecule has 3 nitrogen and oxygen atoms in total. The Morgan fingerprint density at radius 3 is 2.68 bits per heavy atom. The number of hydrogen-bond acceptors (Lipinski definition) is 1. The molecule has 0 aliphatic heterocycles. The molecule has 0 aliphatic rings. The van der Waals surface area contributed by atoms with Crippen molar-refractivity contribution in [2.24, 2.45) is 0 Å². The quantitative estimate of drug-likeness (QED) is 0.524. The van der Waals surface area contributed by atoms with Crippen LogP contribution >= 0.6 is 0 Å². The van der Waals surface area contributed by atoms with E-state index in [0.29, 0.717) is 5.69 Å². The summed E-state index contributed by atoms with van der Waals surface area (Å²) in [5, 5.41) is 2.14. The second kappa shape index (κ2) is 5.01. The zero-order valence-electron chi connectivity index (χ0n) is 11.9. The lowest BCUT2D eigenvalue weighted by molar-refractivity contribution is 1.16. The summed E-state index contributed by atoms with van der Waals surface area (Å²) in [6.45, 7) is 7.17. The fraction of sp³-hybridized carbons (Fsp3) is 0.0526. The summed E-state index contributed by atoms with van der Waals surface area (Å²) in [7, 11) is 0. The highest BCUT2D eigenvalue weighted by Crippen LogP contribution is 2.30. The Labute approximate surface area is 128 Å². The summed E-state index contributed by atoms with van der Waals surface area (Å²) in [6, 6.07) is 16.1. The smallest absolute Gasteiger partial charge is 0.188 e. The number of rotatable bonds is 2. The first-order valence-electron chi connectivity index (χ1n) is 7.15. The number of nitrogens with zero attached hydrogens (tertiary/aromatic N) is 2. The Morgan fingerprint density at radius 2 is 1.86 bits per heavy atom. The molecule has 0 fully saturated rings. The van der Waals surface area contributed by atoms with E-state index in [-0.39, 0.29) is 0 Å². The van der Waals surface area contributed by atoms with Gasteiger partial charge in [0.05, 0.1) is 12.1 Å². The minimum Gasteiger partial charge on any atom is -0.354 e. The van der Waals surface area contributed by atoms with Crippen LogP contribution in [0.15, 0.2) is 60.9 Å². The fourth-order valence-electron chi connectivity index (χ4n) is 2.87. The molecule has 0 amide bonds. The van der Waals surface area contributed by atoms with Crippen LogP contribution < -0.4 is 0 Å². The normalized spacial score (nSPS) is 10.9. The van der Waals surface area contributed by atoms with Gasteiger partial charge in [-0.15, -0.1) is 0 Å². The highest BCUT2D eigenvalue weighted by molar-refractivity contribution is 6.08. The van der Waals surface area contributed by atoms with Crippen molar-refractivity contribution in [1.29, 1.82) is 0 Å². The highest BCUT2D eigenvalue weighted by atomic mass is 14.7. The third kappa shape index (κ3) is 2.02. The van der Waals surface area contributed by atoms with Gasteiger partial charge in [0.1, 0.15) is 0 Å². The number of nitrogens with one attached hydrogen (secondary N) is 1. The maximum Gasteiger partial charge on any atom is 0.188 e. The molecule has 0 unspecified atom stereocenters. The Morgan fingerprint density at radius 1 is 1.00 bits per heavy atom. The molecule has 0 spiro atoms. The van der Waals surface area contributed by atoms with Crippen LogP contribution in [-0.2, 0) is 6.42 Å². The van der Waals surface area contributed by atoms with Gasteiger partial charge in [0.15, 0.2) is 5.69 Å². The van der Waals surface area contributed by atoms with Crippen molar-refractivity contribution in [1.82, 2.24) is 9.97 Å². The summed E-state index contributed by atoms with van der Waals surface area (Å²) in [5.74, 6) is 0. The van der Waals surface area contributed by atoms with Crippen LogP contribution in [0.2, 0.25) is 0 Å². The molecule has 4 aromatic rings. The van der Waals surface area contributed by atoms with E-state index in [2.05, 4.69) is 39.1 Å². The van der Waals surface area contributed by atoms with E-state index in [1.54, 1.807) is 0 Å². The van der Waals surface area contributed by atoms with Crippen molar-refractivity contribution in [3.63, 3.8) is 0 Å². The monoisotopic (exact) mass is 283 g/mol. The third-order valence-corrected chi connectivity index (χ3v) is 3.94. The molecule has 0 saturated heterocycles. The van der Waals surface area contributed by atoms with Gasteiger partial charge >= 0.3 is 0 Å². The lowest BCUT2D eigenvalue weighted by atomic mass is 10.0. The van der Waals surface area contributed by atoms with E-state index in [1.165, 1.54) is 11.1 Å². The van der Waals surface area contributed by atoms with E-state index in [4.69, 9.17) is 6.57 Å². The van der Waals surface area contributed by atoms with E-state index in [1.807, 2.05) is 36.7 Å². The molecular weight excluding hydrogens is 270 g/mol. The number of H-pyrrole nitrogens is 1. The van der Waals surface area contributed by atoms with Gasteiger partial charge in [-0.25, -0.2) is 4.85 Å². The number of pyridine rings is 1. The third-order valence-electron chi connectivity index (χ3n) is 3.94. The van der Waals surface area contributed by atoms with Crippen LogP contribution in [0.3, 0.4) is 0 Å². The van der Waals surface area contributed by atoms with Crippen molar-refractivity contribution in [2.45, 2.75) is 6.42 Å². The highest BCUT2D eigenvalue weighted by Gasteiger charge is 2.09. The van der Waals surface area contributed by atoms with Crippen molar-refractivity contribution in [3.8, 4) is 0 Å². The summed E-state index contributed by atoms with van der Waals surface area (Å²) >= 11 is 0. The Kier molecular flexibility index (Phi) is 2.87. The Hall–Kier alpha value is -3.12. The minimum absolute atomic E-state index is 0.655. The molecule has 0 bridgehead atoms. The van der Waals surface area contributed by atoms with Crippen molar-refractivity contribution in [3.05, 3.63) is 83.5 Å². The van der Waals surface area contributed by atoms with Gasteiger partial charge in [0.2, 0.25) is 0 Å². The van der Waals surface area contributed by atoms with Crippen LogP contribution in [0, 0.1) is 6.57 Å². The summed E-state index contributed by atoms with van der Waals surface area (Å²) in [4.78, 5) is 11.4. The molecule has 22 heavy (non-hydrogen) atoms. The first kappa shape index (κ1) is 12.6. The first-order valence-corrected chi connectivity index (χ1v) is 7.15. The van der Waals surface area contributed by atoms with Crippen molar-refractivity contribution >= 4 is 27.5 Å². The summed E-state index contributed by atoms with van der Waals surface area (Å²) < 4.78 is 0. The second-order valence-electron chi connectivity index (χ2n) is 5.35. The van der Waals surface area contributed by atoms with E-state index < -0.39 is 0 Å².